The molecule has 0 saturated carbocycles. The van der Waals surface area contributed by atoms with E-state index in [0.29, 0.717) is 0 Å². The van der Waals surface area contributed by atoms with E-state index in [2.05, 4.69) is 25.9 Å². The SMILES string of the molecule is CC(N)C(=O)NC(Cc1c[nH]c2ccccc12)C(=O)NC(Cc1c[nH]c2ccccc12)C(=O)NC(C(=O)O)C(C)C. The molecule has 0 aliphatic rings. The Morgan fingerprint density at radius 2 is 1.17 bits per heavy atom. The maximum atomic E-state index is 13.7. The number of benzene rings is 2. The van der Waals surface area contributed by atoms with Crippen LogP contribution in [0.1, 0.15) is 31.9 Å². The summed E-state index contributed by atoms with van der Waals surface area (Å²) in [5.74, 6) is -3.32. The van der Waals surface area contributed by atoms with Gasteiger partial charge in [-0.15, -0.1) is 0 Å². The molecule has 0 fully saturated rings. The monoisotopic (exact) mass is 560 g/mol. The summed E-state index contributed by atoms with van der Waals surface area (Å²) in [6, 6.07) is 10.9. The van der Waals surface area contributed by atoms with Crippen molar-refractivity contribution in [2.75, 3.05) is 0 Å². The highest BCUT2D eigenvalue weighted by Gasteiger charge is 2.32. The third-order valence-electron chi connectivity index (χ3n) is 7.11. The standard InChI is InChI=1S/C30H36N6O5/c1-16(2)26(30(40)41)36-29(39)25(13-19-15-33-23-11-7-5-9-21(19)23)35-28(38)24(34-27(37)17(3)31)12-18-14-32-22-10-6-4-8-20(18)22/h4-11,14-17,24-26,32-33H,12-13,31H2,1-3H3,(H,34,37)(H,35,38)(H,36,39)(H,40,41). The van der Waals surface area contributed by atoms with E-state index in [1.807, 2.05) is 48.5 Å². The van der Waals surface area contributed by atoms with Gasteiger partial charge in [0.2, 0.25) is 17.7 Å². The van der Waals surface area contributed by atoms with Gasteiger partial charge in [-0.3, -0.25) is 14.4 Å². The summed E-state index contributed by atoms with van der Waals surface area (Å²) in [5.41, 5.74) is 9.09. The highest BCUT2D eigenvalue weighted by Crippen LogP contribution is 2.21. The average Bonchev–Trinajstić information content (AvgIpc) is 3.54. The molecule has 216 valence electrons. The van der Waals surface area contributed by atoms with Crippen molar-refractivity contribution in [3.63, 3.8) is 0 Å². The second-order valence-electron chi connectivity index (χ2n) is 10.6. The smallest absolute Gasteiger partial charge is 0.326 e. The molecule has 4 unspecified atom stereocenters. The van der Waals surface area contributed by atoms with Crippen molar-refractivity contribution in [2.45, 2.75) is 57.8 Å². The number of aliphatic carboxylic acids is 1. The van der Waals surface area contributed by atoms with Crippen LogP contribution in [0.15, 0.2) is 60.9 Å². The molecule has 3 amide bonds. The molecule has 2 heterocycles. The summed E-state index contributed by atoms with van der Waals surface area (Å²) in [7, 11) is 0. The summed E-state index contributed by atoms with van der Waals surface area (Å²) < 4.78 is 0. The van der Waals surface area contributed by atoms with E-state index in [1.165, 1.54) is 6.92 Å². The lowest BCUT2D eigenvalue weighted by Crippen LogP contribution is -2.58. The molecule has 4 aromatic rings. The lowest BCUT2D eigenvalue weighted by atomic mass is 10.00. The van der Waals surface area contributed by atoms with Gasteiger partial charge < -0.3 is 36.8 Å². The third-order valence-corrected chi connectivity index (χ3v) is 7.11. The maximum absolute atomic E-state index is 13.7. The van der Waals surface area contributed by atoms with E-state index in [0.717, 1.165) is 32.9 Å². The van der Waals surface area contributed by atoms with E-state index in [1.54, 1.807) is 26.2 Å². The lowest BCUT2D eigenvalue weighted by Gasteiger charge is -2.26. The Kier molecular flexibility index (Phi) is 9.08. The zero-order chi connectivity index (χ0) is 29.7. The Morgan fingerprint density at radius 3 is 1.61 bits per heavy atom. The molecule has 11 nitrogen and oxygen atoms in total. The number of hydrogen-bond donors (Lipinski definition) is 7. The number of H-pyrrole nitrogens is 2. The first-order chi connectivity index (χ1) is 19.5. The van der Waals surface area contributed by atoms with Crippen molar-refractivity contribution in [1.29, 1.82) is 0 Å². The van der Waals surface area contributed by atoms with Crippen molar-refractivity contribution in [3.05, 3.63) is 72.1 Å². The van der Waals surface area contributed by atoms with Crippen LogP contribution in [0.5, 0.6) is 0 Å². The van der Waals surface area contributed by atoms with Crippen LogP contribution in [0.3, 0.4) is 0 Å². The Morgan fingerprint density at radius 1 is 0.732 bits per heavy atom. The number of fused-ring (bicyclic) bond motifs is 2. The molecule has 0 saturated heterocycles. The van der Waals surface area contributed by atoms with E-state index in [9.17, 15) is 24.3 Å². The fourth-order valence-electron chi connectivity index (χ4n) is 4.80. The molecule has 4 atom stereocenters. The van der Waals surface area contributed by atoms with Gasteiger partial charge in [-0.1, -0.05) is 50.2 Å². The molecule has 0 spiro atoms. The highest BCUT2D eigenvalue weighted by molar-refractivity contribution is 5.95. The molecule has 2 aromatic carbocycles. The highest BCUT2D eigenvalue weighted by atomic mass is 16.4. The Hall–Kier alpha value is -4.64. The number of hydrogen-bond acceptors (Lipinski definition) is 5. The molecule has 0 bridgehead atoms. The van der Waals surface area contributed by atoms with Gasteiger partial charge in [0.15, 0.2) is 0 Å². The summed E-state index contributed by atoms with van der Waals surface area (Å²) in [6.07, 6.45) is 3.77. The fourth-order valence-corrected chi connectivity index (χ4v) is 4.80. The second kappa shape index (κ2) is 12.7. The number of aromatic nitrogens is 2. The van der Waals surface area contributed by atoms with Gasteiger partial charge in [0.1, 0.15) is 18.1 Å². The minimum absolute atomic E-state index is 0.0903. The Labute approximate surface area is 237 Å². The largest absolute Gasteiger partial charge is 0.480 e. The predicted molar refractivity (Wildman–Crippen MR) is 156 cm³/mol. The van der Waals surface area contributed by atoms with E-state index < -0.39 is 47.9 Å². The molecule has 11 heteroatoms. The normalized spacial score (nSPS) is 14.4. The molecule has 2 aromatic heterocycles. The zero-order valence-corrected chi connectivity index (χ0v) is 23.2. The molecule has 0 aliphatic heterocycles. The number of rotatable bonds is 12. The number of aromatic amines is 2. The number of amides is 3. The fraction of sp³-hybridized carbons (Fsp3) is 0.333. The van der Waals surface area contributed by atoms with Crippen LogP contribution in [-0.4, -0.2) is 62.9 Å². The van der Waals surface area contributed by atoms with E-state index in [-0.39, 0.29) is 18.8 Å². The van der Waals surface area contributed by atoms with Crippen LogP contribution >= 0.6 is 0 Å². The molecule has 0 aliphatic carbocycles. The van der Waals surface area contributed by atoms with Gasteiger partial charge in [0.05, 0.1) is 6.04 Å². The van der Waals surface area contributed by atoms with Crippen molar-refractivity contribution < 1.29 is 24.3 Å². The predicted octanol–water partition coefficient (Wildman–Crippen LogP) is 1.98. The first-order valence-corrected chi connectivity index (χ1v) is 13.5. The first kappa shape index (κ1) is 29.3. The number of carbonyl (C=O) groups excluding carboxylic acids is 3. The number of nitrogens with one attached hydrogen (secondary N) is 5. The number of para-hydroxylation sites is 2. The van der Waals surface area contributed by atoms with Crippen molar-refractivity contribution in [2.24, 2.45) is 11.7 Å². The minimum Gasteiger partial charge on any atom is -0.480 e. The zero-order valence-electron chi connectivity index (χ0n) is 23.2. The topological polar surface area (TPSA) is 182 Å². The van der Waals surface area contributed by atoms with Crippen LogP contribution < -0.4 is 21.7 Å². The second-order valence-corrected chi connectivity index (χ2v) is 10.6. The van der Waals surface area contributed by atoms with Gasteiger partial charge in [0.25, 0.3) is 0 Å². The number of carbonyl (C=O) groups is 4. The number of nitrogens with two attached hydrogens (primary N) is 1. The average molecular weight is 561 g/mol. The molecule has 8 N–H and O–H groups in total. The summed E-state index contributed by atoms with van der Waals surface area (Å²) in [4.78, 5) is 58.0. The number of carboxylic acids is 1. The van der Waals surface area contributed by atoms with Gasteiger partial charge in [-0.25, -0.2) is 4.79 Å². The molecular formula is C30H36N6O5. The minimum atomic E-state index is -1.17. The van der Waals surface area contributed by atoms with Gasteiger partial charge in [-0.05, 0) is 36.1 Å². The maximum Gasteiger partial charge on any atom is 0.326 e. The summed E-state index contributed by atoms with van der Waals surface area (Å²) in [6.45, 7) is 4.89. The van der Waals surface area contributed by atoms with E-state index >= 15 is 0 Å². The van der Waals surface area contributed by atoms with Crippen molar-refractivity contribution in [3.8, 4) is 0 Å². The van der Waals surface area contributed by atoms with E-state index in [4.69, 9.17) is 5.73 Å². The van der Waals surface area contributed by atoms with Crippen LogP contribution in [0.2, 0.25) is 0 Å². The Balaban J connectivity index is 1.64. The molecule has 0 radical (unpaired) electrons. The van der Waals surface area contributed by atoms with Gasteiger partial charge >= 0.3 is 5.97 Å². The quantitative estimate of drug-likeness (QED) is 0.139. The molecular weight excluding hydrogens is 524 g/mol. The van der Waals surface area contributed by atoms with Crippen LogP contribution in [0.25, 0.3) is 21.8 Å². The first-order valence-electron chi connectivity index (χ1n) is 13.5. The lowest BCUT2D eigenvalue weighted by molar-refractivity contribution is -0.143. The third kappa shape index (κ3) is 6.93. The van der Waals surface area contributed by atoms with Gasteiger partial charge in [-0.2, -0.15) is 0 Å². The Bertz CT molecular complexity index is 1560. The molecule has 4 rings (SSSR count). The van der Waals surface area contributed by atoms with Crippen LogP contribution in [-0.2, 0) is 32.0 Å². The molecule has 41 heavy (non-hydrogen) atoms. The van der Waals surface area contributed by atoms with Crippen LogP contribution in [0, 0.1) is 5.92 Å². The summed E-state index contributed by atoms with van der Waals surface area (Å²) in [5, 5.41) is 19.5. The number of carboxylic acid groups (broad SMARTS) is 1. The van der Waals surface area contributed by atoms with Crippen LogP contribution in [0.4, 0.5) is 0 Å². The summed E-state index contributed by atoms with van der Waals surface area (Å²) >= 11 is 0. The van der Waals surface area contributed by atoms with Crippen molar-refractivity contribution >= 4 is 45.5 Å². The van der Waals surface area contributed by atoms with Crippen molar-refractivity contribution in [1.82, 2.24) is 25.9 Å². The van der Waals surface area contributed by atoms with Gasteiger partial charge in [0, 0.05) is 47.0 Å².